The van der Waals surface area contributed by atoms with Crippen LogP contribution in [0.4, 0.5) is 5.82 Å². The first-order chi connectivity index (χ1) is 8.67. The molecule has 0 amide bonds. The number of nitrogens with zero attached hydrogens (tertiary/aromatic N) is 3. The van der Waals surface area contributed by atoms with Crippen molar-refractivity contribution in [1.29, 1.82) is 5.26 Å². The Balaban J connectivity index is 2.58. The quantitative estimate of drug-likeness (QED) is 0.803. The summed E-state index contributed by atoms with van der Waals surface area (Å²) in [5.41, 5.74) is 1.22. The van der Waals surface area contributed by atoms with Gasteiger partial charge in [-0.25, -0.2) is 4.98 Å². The Labute approximate surface area is 110 Å². The lowest BCUT2D eigenvalue weighted by molar-refractivity contribution is 0.252. The van der Waals surface area contributed by atoms with Crippen LogP contribution in [0.15, 0.2) is 18.3 Å². The summed E-state index contributed by atoms with van der Waals surface area (Å²) in [6.45, 7) is 5.98. The molecule has 0 saturated heterocycles. The summed E-state index contributed by atoms with van der Waals surface area (Å²) < 4.78 is 0. The van der Waals surface area contributed by atoms with Crippen molar-refractivity contribution in [1.82, 2.24) is 9.88 Å². The molecule has 0 radical (unpaired) electrons. The second-order valence-electron chi connectivity index (χ2n) is 4.60. The number of rotatable bonds is 7. The van der Waals surface area contributed by atoms with Crippen molar-refractivity contribution in [2.75, 3.05) is 18.9 Å². The number of hydrogen-bond acceptors (Lipinski definition) is 4. The second kappa shape index (κ2) is 7.67. The average molecular weight is 246 g/mol. The van der Waals surface area contributed by atoms with Crippen LogP contribution in [0.5, 0.6) is 0 Å². The number of anilines is 1. The van der Waals surface area contributed by atoms with Gasteiger partial charge in [0.05, 0.1) is 12.5 Å². The van der Waals surface area contributed by atoms with Gasteiger partial charge >= 0.3 is 0 Å². The largest absolute Gasteiger partial charge is 0.370 e. The molecular formula is C14H22N4. The van der Waals surface area contributed by atoms with Gasteiger partial charge in [-0.15, -0.1) is 0 Å². The molecule has 1 aromatic heterocycles. The van der Waals surface area contributed by atoms with E-state index in [4.69, 9.17) is 5.26 Å². The standard InChI is InChI=1S/C14H22N4/c1-4-8-16-14-10-13(6-9-17-14)11-18(3)12(2)5-7-15/h6,9-10,12H,4-5,8,11H2,1-3H3,(H,16,17). The van der Waals surface area contributed by atoms with E-state index in [0.29, 0.717) is 6.42 Å². The minimum Gasteiger partial charge on any atom is -0.370 e. The third kappa shape index (κ3) is 4.72. The van der Waals surface area contributed by atoms with Crippen LogP contribution in [-0.4, -0.2) is 29.5 Å². The number of nitrogens with one attached hydrogen (secondary N) is 1. The highest BCUT2D eigenvalue weighted by molar-refractivity contribution is 5.37. The molecule has 1 unspecified atom stereocenters. The van der Waals surface area contributed by atoms with E-state index in [2.05, 4.69) is 41.2 Å². The number of pyridine rings is 1. The highest BCUT2D eigenvalue weighted by Gasteiger charge is 2.09. The van der Waals surface area contributed by atoms with Gasteiger partial charge in [0.15, 0.2) is 0 Å². The minimum absolute atomic E-state index is 0.273. The zero-order valence-electron chi connectivity index (χ0n) is 11.5. The summed E-state index contributed by atoms with van der Waals surface area (Å²) in [5.74, 6) is 0.927. The summed E-state index contributed by atoms with van der Waals surface area (Å²) in [6.07, 6.45) is 3.48. The Morgan fingerprint density at radius 2 is 2.33 bits per heavy atom. The molecule has 0 bridgehead atoms. The monoisotopic (exact) mass is 246 g/mol. The third-order valence-electron chi connectivity index (χ3n) is 2.95. The number of aromatic nitrogens is 1. The van der Waals surface area contributed by atoms with E-state index in [0.717, 1.165) is 25.3 Å². The fraction of sp³-hybridized carbons (Fsp3) is 0.571. The first-order valence-corrected chi connectivity index (χ1v) is 6.43. The molecule has 0 aliphatic heterocycles. The van der Waals surface area contributed by atoms with E-state index >= 15 is 0 Å². The SMILES string of the molecule is CCCNc1cc(CN(C)C(C)CC#N)ccn1. The van der Waals surface area contributed by atoms with Crippen LogP contribution in [0.25, 0.3) is 0 Å². The Morgan fingerprint density at radius 1 is 1.56 bits per heavy atom. The van der Waals surface area contributed by atoms with Crippen molar-refractivity contribution in [3.8, 4) is 6.07 Å². The highest BCUT2D eigenvalue weighted by Crippen LogP contribution is 2.11. The van der Waals surface area contributed by atoms with Crippen molar-refractivity contribution >= 4 is 5.82 Å². The molecule has 1 aromatic rings. The average Bonchev–Trinajstić information content (AvgIpc) is 2.37. The van der Waals surface area contributed by atoms with Crippen LogP contribution in [-0.2, 0) is 6.54 Å². The van der Waals surface area contributed by atoms with E-state index in [1.807, 2.05) is 19.3 Å². The third-order valence-corrected chi connectivity index (χ3v) is 2.95. The molecule has 18 heavy (non-hydrogen) atoms. The van der Waals surface area contributed by atoms with E-state index in [1.54, 1.807) is 0 Å². The predicted octanol–water partition coefficient (Wildman–Crippen LogP) is 2.64. The molecule has 4 nitrogen and oxygen atoms in total. The van der Waals surface area contributed by atoms with Crippen LogP contribution in [0, 0.1) is 11.3 Å². The Morgan fingerprint density at radius 3 is 3.00 bits per heavy atom. The van der Waals surface area contributed by atoms with Crippen LogP contribution in [0.3, 0.4) is 0 Å². The molecule has 0 spiro atoms. The van der Waals surface area contributed by atoms with Gasteiger partial charge in [0, 0.05) is 25.3 Å². The predicted molar refractivity (Wildman–Crippen MR) is 74.2 cm³/mol. The van der Waals surface area contributed by atoms with Gasteiger partial charge in [0.1, 0.15) is 5.82 Å². The van der Waals surface area contributed by atoms with Crippen LogP contribution < -0.4 is 5.32 Å². The van der Waals surface area contributed by atoms with Gasteiger partial charge in [0.25, 0.3) is 0 Å². The number of hydrogen-bond donors (Lipinski definition) is 1. The van der Waals surface area contributed by atoms with Crippen molar-refractivity contribution < 1.29 is 0 Å². The Hall–Kier alpha value is -1.60. The van der Waals surface area contributed by atoms with Crippen LogP contribution >= 0.6 is 0 Å². The molecule has 0 aliphatic rings. The summed E-state index contributed by atoms with van der Waals surface area (Å²) in [5, 5.41) is 12.0. The lowest BCUT2D eigenvalue weighted by Crippen LogP contribution is -2.28. The molecular weight excluding hydrogens is 224 g/mol. The molecule has 4 heteroatoms. The van der Waals surface area contributed by atoms with E-state index < -0.39 is 0 Å². The molecule has 0 aliphatic carbocycles. The van der Waals surface area contributed by atoms with E-state index in [1.165, 1.54) is 5.56 Å². The highest BCUT2D eigenvalue weighted by atomic mass is 15.1. The van der Waals surface area contributed by atoms with Gasteiger partial charge in [-0.2, -0.15) is 5.26 Å². The molecule has 0 saturated carbocycles. The maximum atomic E-state index is 8.70. The summed E-state index contributed by atoms with van der Waals surface area (Å²) >= 11 is 0. The molecule has 0 aromatic carbocycles. The molecule has 1 N–H and O–H groups in total. The fourth-order valence-corrected chi connectivity index (χ4v) is 1.65. The van der Waals surface area contributed by atoms with E-state index in [-0.39, 0.29) is 6.04 Å². The molecule has 1 heterocycles. The van der Waals surface area contributed by atoms with Gasteiger partial charge in [-0.3, -0.25) is 4.90 Å². The van der Waals surface area contributed by atoms with Gasteiger partial charge in [0.2, 0.25) is 0 Å². The van der Waals surface area contributed by atoms with Crippen molar-refractivity contribution in [3.63, 3.8) is 0 Å². The topological polar surface area (TPSA) is 52.0 Å². The van der Waals surface area contributed by atoms with Crippen molar-refractivity contribution in [3.05, 3.63) is 23.9 Å². The summed E-state index contributed by atoms with van der Waals surface area (Å²) in [7, 11) is 2.04. The first-order valence-electron chi connectivity index (χ1n) is 6.43. The van der Waals surface area contributed by atoms with Gasteiger partial charge in [-0.1, -0.05) is 6.92 Å². The zero-order chi connectivity index (χ0) is 13.4. The molecule has 0 fully saturated rings. The summed E-state index contributed by atoms with van der Waals surface area (Å²) in [6, 6.07) is 6.58. The lowest BCUT2D eigenvalue weighted by Gasteiger charge is -2.22. The number of nitriles is 1. The summed E-state index contributed by atoms with van der Waals surface area (Å²) in [4.78, 5) is 6.47. The normalized spacial score (nSPS) is 12.2. The lowest BCUT2D eigenvalue weighted by atomic mass is 10.2. The molecule has 1 rings (SSSR count). The first kappa shape index (κ1) is 14.5. The fourth-order valence-electron chi connectivity index (χ4n) is 1.65. The van der Waals surface area contributed by atoms with Crippen molar-refractivity contribution in [2.45, 2.75) is 39.3 Å². The van der Waals surface area contributed by atoms with Gasteiger partial charge in [-0.05, 0) is 38.1 Å². The minimum atomic E-state index is 0.273. The van der Waals surface area contributed by atoms with Crippen LogP contribution in [0.2, 0.25) is 0 Å². The van der Waals surface area contributed by atoms with Gasteiger partial charge < -0.3 is 5.32 Å². The second-order valence-corrected chi connectivity index (χ2v) is 4.60. The molecule has 1 atom stereocenters. The molecule has 98 valence electrons. The van der Waals surface area contributed by atoms with Crippen LogP contribution in [0.1, 0.15) is 32.3 Å². The maximum absolute atomic E-state index is 8.70. The van der Waals surface area contributed by atoms with Crippen molar-refractivity contribution in [2.24, 2.45) is 0 Å². The Kier molecular flexibility index (Phi) is 6.16. The zero-order valence-corrected chi connectivity index (χ0v) is 11.5. The maximum Gasteiger partial charge on any atom is 0.126 e. The smallest absolute Gasteiger partial charge is 0.126 e. The van der Waals surface area contributed by atoms with E-state index in [9.17, 15) is 0 Å². The Bertz CT molecular complexity index is 397.